The summed E-state index contributed by atoms with van der Waals surface area (Å²) >= 11 is 6.20. The normalized spacial score (nSPS) is 20.9. The topological polar surface area (TPSA) is 38.7 Å². The van der Waals surface area contributed by atoms with Crippen molar-refractivity contribution in [2.75, 3.05) is 7.11 Å². The van der Waals surface area contributed by atoms with E-state index < -0.39 is 6.10 Å². The zero-order valence-corrected chi connectivity index (χ0v) is 11.8. The number of rotatable bonds is 2. The first-order chi connectivity index (χ1) is 9.69. The molecule has 1 aliphatic rings. The van der Waals surface area contributed by atoms with Crippen LogP contribution in [0.3, 0.4) is 0 Å². The number of halogens is 1. The fourth-order valence-corrected chi connectivity index (χ4v) is 2.73. The lowest BCUT2D eigenvalue weighted by Gasteiger charge is -2.30. The molecule has 104 valence electrons. The molecule has 2 atom stereocenters. The van der Waals surface area contributed by atoms with E-state index in [0.717, 1.165) is 11.1 Å². The van der Waals surface area contributed by atoms with Crippen LogP contribution in [0.2, 0.25) is 5.02 Å². The lowest BCUT2D eigenvalue weighted by Crippen LogP contribution is -2.19. The molecular weight excluding hydrogens is 276 g/mol. The summed E-state index contributed by atoms with van der Waals surface area (Å²) in [6.45, 7) is 0. The van der Waals surface area contributed by atoms with Gasteiger partial charge < -0.3 is 14.6 Å². The molecule has 0 spiro atoms. The molecule has 0 bridgehead atoms. The summed E-state index contributed by atoms with van der Waals surface area (Å²) in [5, 5.41) is 10.9. The highest BCUT2D eigenvalue weighted by Crippen LogP contribution is 2.43. The molecule has 1 heterocycles. The number of aliphatic hydroxyl groups is 1. The van der Waals surface area contributed by atoms with Crippen LogP contribution in [0, 0.1) is 0 Å². The van der Waals surface area contributed by atoms with E-state index in [1.165, 1.54) is 0 Å². The van der Waals surface area contributed by atoms with Gasteiger partial charge >= 0.3 is 0 Å². The van der Waals surface area contributed by atoms with E-state index in [-0.39, 0.29) is 6.10 Å². The minimum absolute atomic E-state index is 0.252. The van der Waals surface area contributed by atoms with E-state index in [4.69, 9.17) is 21.1 Å². The molecule has 3 rings (SSSR count). The molecule has 1 N–H and O–H groups in total. The molecular formula is C16H15ClO3. The van der Waals surface area contributed by atoms with Crippen molar-refractivity contribution in [3.8, 4) is 11.5 Å². The number of fused-ring (bicyclic) bond motifs is 1. The van der Waals surface area contributed by atoms with E-state index in [2.05, 4.69) is 0 Å². The monoisotopic (exact) mass is 290 g/mol. The van der Waals surface area contributed by atoms with Crippen LogP contribution in [-0.4, -0.2) is 12.2 Å². The van der Waals surface area contributed by atoms with Gasteiger partial charge in [0.2, 0.25) is 0 Å². The van der Waals surface area contributed by atoms with Crippen LogP contribution in [-0.2, 0) is 0 Å². The molecule has 4 heteroatoms. The molecule has 0 fully saturated rings. The third kappa shape index (κ3) is 2.35. The van der Waals surface area contributed by atoms with Gasteiger partial charge in [-0.3, -0.25) is 0 Å². The number of benzene rings is 2. The highest BCUT2D eigenvalue weighted by molar-refractivity contribution is 6.31. The first-order valence-electron chi connectivity index (χ1n) is 6.46. The number of aliphatic hydroxyl groups excluding tert-OH is 1. The van der Waals surface area contributed by atoms with Crippen molar-refractivity contribution in [3.63, 3.8) is 0 Å². The summed E-state index contributed by atoms with van der Waals surface area (Å²) in [6, 6.07) is 13.0. The SMILES string of the molecule is COc1ccc2c(c1)OC(c1ccccc1Cl)C[C@H]2O. The molecule has 0 saturated carbocycles. The average molecular weight is 291 g/mol. The van der Waals surface area contributed by atoms with Crippen LogP contribution in [0.5, 0.6) is 11.5 Å². The number of methoxy groups -OCH3 is 1. The molecule has 0 aromatic heterocycles. The van der Waals surface area contributed by atoms with Gasteiger partial charge in [0.15, 0.2) is 0 Å². The van der Waals surface area contributed by atoms with Crippen molar-refractivity contribution in [1.29, 1.82) is 0 Å². The second-order valence-corrected chi connectivity index (χ2v) is 5.19. The minimum Gasteiger partial charge on any atom is -0.497 e. The lowest BCUT2D eigenvalue weighted by molar-refractivity contribution is 0.0655. The maximum absolute atomic E-state index is 10.3. The quantitative estimate of drug-likeness (QED) is 0.911. The van der Waals surface area contributed by atoms with Gasteiger partial charge in [0.25, 0.3) is 0 Å². The van der Waals surface area contributed by atoms with Crippen LogP contribution in [0.25, 0.3) is 0 Å². The maximum Gasteiger partial charge on any atom is 0.129 e. The van der Waals surface area contributed by atoms with Crippen LogP contribution < -0.4 is 9.47 Å². The predicted molar refractivity (Wildman–Crippen MR) is 77.4 cm³/mol. The summed E-state index contributed by atoms with van der Waals surface area (Å²) < 4.78 is 11.2. The minimum atomic E-state index is -0.564. The van der Waals surface area contributed by atoms with Gasteiger partial charge in [-0.25, -0.2) is 0 Å². The van der Waals surface area contributed by atoms with Gasteiger partial charge in [-0.05, 0) is 18.2 Å². The molecule has 2 aromatic carbocycles. The van der Waals surface area contributed by atoms with Crippen molar-refractivity contribution in [2.24, 2.45) is 0 Å². The third-order valence-corrected chi connectivity index (χ3v) is 3.88. The molecule has 2 aromatic rings. The molecule has 20 heavy (non-hydrogen) atoms. The Labute approximate surface area is 122 Å². The zero-order valence-electron chi connectivity index (χ0n) is 11.0. The Hall–Kier alpha value is -1.71. The molecule has 0 amide bonds. The fraction of sp³-hybridized carbons (Fsp3) is 0.250. The summed E-state index contributed by atoms with van der Waals surface area (Å²) in [6.07, 6.45) is -0.326. The molecule has 3 nitrogen and oxygen atoms in total. The first kappa shape index (κ1) is 13.3. The summed E-state index contributed by atoms with van der Waals surface area (Å²) in [5.41, 5.74) is 1.68. The van der Waals surface area contributed by atoms with Crippen LogP contribution >= 0.6 is 11.6 Å². The van der Waals surface area contributed by atoms with Gasteiger partial charge in [-0.2, -0.15) is 0 Å². The Morgan fingerprint density at radius 1 is 1.20 bits per heavy atom. The fourth-order valence-electron chi connectivity index (χ4n) is 2.48. The smallest absolute Gasteiger partial charge is 0.129 e. The summed E-state index contributed by atoms with van der Waals surface area (Å²) in [7, 11) is 1.60. The number of hydrogen-bond donors (Lipinski definition) is 1. The Morgan fingerprint density at radius 3 is 2.75 bits per heavy atom. The highest BCUT2D eigenvalue weighted by atomic mass is 35.5. The van der Waals surface area contributed by atoms with E-state index >= 15 is 0 Å². The van der Waals surface area contributed by atoms with Gasteiger partial charge in [0.1, 0.15) is 17.6 Å². The van der Waals surface area contributed by atoms with Crippen LogP contribution in [0.15, 0.2) is 42.5 Å². The average Bonchev–Trinajstić information content (AvgIpc) is 2.47. The van der Waals surface area contributed by atoms with E-state index in [9.17, 15) is 5.11 Å². The highest BCUT2D eigenvalue weighted by Gasteiger charge is 2.29. The van der Waals surface area contributed by atoms with Crippen molar-refractivity contribution >= 4 is 11.6 Å². The zero-order chi connectivity index (χ0) is 14.1. The Kier molecular flexibility index (Phi) is 3.55. The van der Waals surface area contributed by atoms with Gasteiger partial charge in [-0.1, -0.05) is 29.8 Å². The van der Waals surface area contributed by atoms with Gasteiger partial charge in [0.05, 0.1) is 13.2 Å². The van der Waals surface area contributed by atoms with E-state index in [1.807, 2.05) is 36.4 Å². The predicted octanol–water partition coefficient (Wildman–Crippen LogP) is 3.91. The molecule has 0 aliphatic carbocycles. The van der Waals surface area contributed by atoms with E-state index in [0.29, 0.717) is 22.9 Å². The summed E-state index contributed by atoms with van der Waals surface area (Å²) in [4.78, 5) is 0. The van der Waals surface area contributed by atoms with Gasteiger partial charge in [-0.15, -0.1) is 0 Å². The molecule has 1 aliphatic heterocycles. The maximum atomic E-state index is 10.3. The summed E-state index contributed by atoms with van der Waals surface area (Å²) in [5.74, 6) is 1.35. The first-order valence-corrected chi connectivity index (χ1v) is 6.84. The lowest BCUT2D eigenvalue weighted by atomic mass is 9.95. The second kappa shape index (κ2) is 5.35. The second-order valence-electron chi connectivity index (χ2n) is 4.78. The number of hydrogen-bond acceptors (Lipinski definition) is 3. The molecule has 1 unspecified atom stereocenters. The van der Waals surface area contributed by atoms with E-state index in [1.54, 1.807) is 13.2 Å². The Bertz CT molecular complexity index is 627. The van der Waals surface area contributed by atoms with Crippen molar-refractivity contribution in [3.05, 3.63) is 58.6 Å². The van der Waals surface area contributed by atoms with Crippen molar-refractivity contribution < 1.29 is 14.6 Å². The standard InChI is InChI=1S/C16H15ClO3/c1-19-10-6-7-12-14(18)9-16(20-15(12)8-10)11-4-2-3-5-13(11)17/h2-8,14,16,18H,9H2,1H3/t14-,16?/m1/s1. The number of ether oxygens (including phenoxy) is 2. The Morgan fingerprint density at radius 2 is 2.00 bits per heavy atom. The molecule has 0 radical (unpaired) electrons. The third-order valence-electron chi connectivity index (χ3n) is 3.54. The van der Waals surface area contributed by atoms with Crippen molar-refractivity contribution in [2.45, 2.75) is 18.6 Å². The Balaban J connectivity index is 1.97. The molecule has 0 saturated heterocycles. The largest absolute Gasteiger partial charge is 0.497 e. The van der Waals surface area contributed by atoms with Crippen LogP contribution in [0.4, 0.5) is 0 Å². The van der Waals surface area contributed by atoms with Crippen LogP contribution in [0.1, 0.15) is 29.8 Å². The van der Waals surface area contributed by atoms with Crippen molar-refractivity contribution in [1.82, 2.24) is 0 Å². The van der Waals surface area contributed by atoms with Gasteiger partial charge in [0, 0.05) is 28.6 Å².